The predicted octanol–water partition coefficient (Wildman–Crippen LogP) is 1.16. The molecule has 6 heteroatoms. The van der Waals surface area contributed by atoms with Gasteiger partial charge in [0.1, 0.15) is 5.76 Å². The van der Waals surface area contributed by atoms with Gasteiger partial charge in [-0.1, -0.05) is 12.1 Å². The van der Waals surface area contributed by atoms with Crippen molar-refractivity contribution >= 4 is 11.7 Å². The van der Waals surface area contributed by atoms with Crippen LogP contribution in [0, 0.1) is 6.92 Å². The first-order valence-corrected chi connectivity index (χ1v) is 6.76. The lowest BCUT2D eigenvalue weighted by atomic mass is 10.0. The number of carbonyl (C=O) groups excluding carboxylic acids is 1. The van der Waals surface area contributed by atoms with E-state index in [-0.39, 0.29) is 18.1 Å². The third-order valence-corrected chi connectivity index (χ3v) is 3.51. The first-order valence-electron chi connectivity index (χ1n) is 6.76. The van der Waals surface area contributed by atoms with Gasteiger partial charge in [0.25, 0.3) is 0 Å². The molecule has 2 heterocycles. The van der Waals surface area contributed by atoms with E-state index in [1.54, 1.807) is 13.0 Å². The van der Waals surface area contributed by atoms with Crippen molar-refractivity contribution in [1.29, 1.82) is 0 Å². The van der Waals surface area contributed by atoms with Crippen LogP contribution in [0.4, 0.5) is 5.82 Å². The Balaban J connectivity index is 1.95. The van der Waals surface area contributed by atoms with Gasteiger partial charge in [-0.25, -0.2) is 0 Å². The SMILES string of the molecule is CC[C@@H](C(=O)Nc1cc(C)on1)N1CCC(O)CC1. The Morgan fingerprint density at radius 3 is 2.84 bits per heavy atom. The van der Waals surface area contributed by atoms with Crippen molar-refractivity contribution in [2.45, 2.75) is 45.3 Å². The number of aliphatic hydroxyl groups excluding tert-OH is 1. The largest absolute Gasteiger partial charge is 0.393 e. The number of aryl methyl sites for hydroxylation is 1. The molecule has 1 saturated heterocycles. The normalized spacial score (nSPS) is 19.3. The van der Waals surface area contributed by atoms with E-state index in [0.29, 0.717) is 11.6 Å². The summed E-state index contributed by atoms with van der Waals surface area (Å²) in [7, 11) is 0. The summed E-state index contributed by atoms with van der Waals surface area (Å²) in [5.74, 6) is 1.06. The van der Waals surface area contributed by atoms with Crippen molar-refractivity contribution in [2.75, 3.05) is 18.4 Å². The Hall–Kier alpha value is -1.40. The molecular formula is C13H21N3O3. The van der Waals surface area contributed by atoms with E-state index in [2.05, 4.69) is 15.4 Å². The van der Waals surface area contributed by atoms with Gasteiger partial charge in [-0.2, -0.15) is 0 Å². The quantitative estimate of drug-likeness (QED) is 0.855. The molecule has 2 rings (SSSR count). The van der Waals surface area contributed by atoms with Crippen LogP contribution in [0.25, 0.3) is 0 Å². The molecule has 0 aliphatic carbocycles. The maximum Gasteiger partial charge on any atom is 0.242 e. The summed E-state index contributed by atoms with van der Waals surface area (Å²) < 4.78 is 4.93. The molecule has 2 N–H and O–H groups in total. The third-order valence-electron chi connectivity index (χ3n) is 3.51. The minimum absolute atomic E-state index is 0.0628. The number of hydrogen-bond donors (Lipinski definition) is 2. The van der Waals surface area contributed by atoms with Crippen molar-refractivity contribution in [3.05, 3.63) is 11.8 Å². The first kappa shape index (κ1) is 14.0. The number of likely N-dealkylation sites (tertiary alicyclic amines) is 1. The Labute approximate surface area is 112 Å². The molecule has 1 atom stereocenters. The van der Waals surface area contributed by atoms with Gasteiger partial charge in [-0.05, 0) is 26.2 Å². The zero-order valence-electron chi connectivity index (χ0n) is 11.4. The zero-order valence-corrected chi connectivity index (χ0v) is 11.4. The summed E-state index contributed by atoms with van der Waals surface area (Å²) in [6, 6.07) is 1.52. The molecule has 0 spiro atoms. The fourth-order valence-electron chi connectivity index (χ4n) is 2.44. The number of carbonyl (C=O) groups is 1. The van der Waals surface area contributed by atoms with Crippen molar-refractivity contribution in [3.63, 3.8) is 0 Å². The molecule has 19 heavy (non-hydrogen) atoms. The van der Waals surface area contributed by atoms with E-state index in [1.807, 2.05) is 6.92 Å². The highest BCUT2D eigenvalue weighted by molar-refractivity contribution is 5.93. The molecule has 1 amide bonds. The number of piperidine rings is 1. The molecule has 1 aromatic rings. The molecule has 0 bridgehead atoms. The van der Waals surface area contributed by atoms with E-state index in [9.17, 15) is 9.90 Å². The number of nitrogens with one attached hydrogen (secondary N) is 1. The molecule has 6 nitrogen and oxygen atoms in total. The van der Waals surface area contributed by atoms with Gasteiger partial charge < -0.3 is 14.9 Å². The summed E-state index contributed by atoms with van der Waals surface area (Å²) in [5, 5.41) is 16.0. The number of aromatic nitrogens is 1. The second-order valence-electron chi connectivity index (χ2n) is 5.00. The highest BCUT2D eigenvalue weighted by Gasteiger charge is 2.28. The van der Waals surface area contributed by atoms with Crippen LogP contribution in [-0.4, -0.2) is 46.3 Å². The van der Waals surface area contributed by atoms with Crippen LogP contribution in [0.5, 0.6) is 0 Å². The molecule has 0 saturated carbocycles. The summed E-state index contributed by atoms with van der Waals surface area (Å²) >= 11 is 0. The van der Waals surface area contributed by atoms with Crippen LogP contribution >= 0.6 is 0 Å². The second-order valence-corrected chi connectivity index (χ2v) is 5.00. The molecule has 1 aliphatic heterocycles. The first-order chi connectivity index (χ1) is 9.10. The number of anilines is 1. The van der Waals surface area contributed by atoms with Gasteiger partial charge in [0.15, 0.2) is 5.82 Å². The van der Waals surface area contributed by atoms with Gasteiger partial charge >= 0.3 is 0 Å². The van der Waals surface area contributed by atoms with Crippen molar-refractivity contribution in [3.8, 4) is 0 Å². The third kappa shape index (κ3) is 3.54. The van der Waals surface area contributed by atoms with Crippen LogP contribution in [0.1, 0.15) is 31.9 Å². The zero-order chi connectivity index (χ0) is 13.8. The Morgan fingerprint density at radius 1 is 1.63 bits per heavy atom. The number of amides is 1. The second kappa shape index (κ2) is 6.16. The minimum atomic E-state index is -0.227. The Kier molecular flexibility index (Phi) is 4.55. The highest BCUT2D eigenvalue weighted by Crippen LogP contribution is 2.16. The Bertz CT molecular complexity index is 425. The van der Waals surface area contributed by atoms with Gasteiger partial charge in [0.05, 0.1) is 12.1 Å². The average Bonchev–Trinajstić information content (AvgIpc) is 2.78. The summed E-state index contributed by atoms with van der Waals surface area (Å²) in [5.41, 5.74) is 0. The highest BCUT2D eigenvalue weighted by atomic mass is 16.5. The van der Waals surface area contributed by atoms with Crippen LogP contribution in [0.15, 0.2) is 10.6 Å². The summed E-state index contributed by atoms with van der Waals surface area (Å²) in [6.45, 7) is 5.28. The monoisotopic (exact) mass is 267 g/mol. The number of rotatable bonds is 4. The van der Waals surface area contributed by atoms with Crippen LogP contribution in [0.3, 0.4) is 0 Å². The molecule has 1 fully saturated rings. The number of aliphatic hydroxyl groups is 1. The maximum atomic E-state index is 12.2. The summed E-state index contributed by atoms with van der Waals surface area (Å²) in [6.07, 6.45) is 1.97. The molecular weight excluding hydrogens is 246 g/mol. The molecule has 106 valence electrons. The van der Waals surface area contributed by atoms with E-state index in [1.165, 1.54) is 0 Å². The Morgan fingerprint density at radius 2 is 2.32 bits per heavy atom. The summed E-state index contributed by atoms with van der Waals surface area (Å²) in [4.78, 5) is 14.4. The molecule has 0 aromatic carbocycles. The van der Waals surface area contributed by atoms with Crippen LogP contribution in [0.2, 0.25) is 0 Å². The van der Waals surface area contributed by atoms with Gasteiger partial charge in [-0.15, -0.1) is 0 Å². The van der Waals surface area contributed by atoms with E-state index in [4.69, 9.17) is 4.52 Å². The lowest BCUT2D eigenvalue weighted by Gasteiger charge is -2.34. The number of nitrogens with zero attached hydrogens (tertiary/aromatic N) is 2. The molecule has 0 radical (unpaired) electrons. The van der Waals surface area contributed by atoms with Crippen molar-refractivity contribution in [2.24, 2.45) is 0 Å². The number of hydrogen-bond acceptors (Lipinski definition) is 5. The average molecular weight is 267 g/mol. The topological polar surface area (TPSA) is 78.6 Å². The van der Waals surface area contributed by atoms with Crippen LogP contribution in [-0.2, 0) is 4.79 Å². The lowest BCUT2D eigenvalue weighted by Crippen LogP contribution is -2.48. The van der Waals surface area contributed by atoms with E-state index in [0.717, 1.165) is 32.4 Å². The smallest absolute Gasteiger partial charge is 0.242 e. The fraction of sp³-hybridized carbons (Fsp3) is 0.692. The fourth-order valence-corrected chi connectivity index (χ4v) is 2.44. The molecule has 1 aromatic heterocycles. The van der Waals surface area contributed by atoms with E-state index < -0.39 is 0 Å². The minimum Gasteiger partial charge on any atom is -0.393 e. The van der Waals surface area contributed by atoms with Gasteiger partial charge in [0.2, 0.25) is 5.91 Å². The van der Waals surface area contributed by atoms with Crippen molar-refractivity contribution < 1.29 is 14.4 Å². The molecule has 1 aliphatic rings. The maximum absolute atomic E-state index is 12.2. The molecule has 0 unspecified atom stereocenters. The van der Waals surface area contributed by atoms with Crippen LogP contribution < -0.4 is 5.32 Å². The van der Waals surface area contributed by atoms with Gasteiger partial charge in [-0.3, -0.25) is 9.69 Å². The van der Waals surface area contributed by atoms with Crippen molar-refractivity contribution in [1.82, 2.24) is 10.1 Å². The standard InChI is InChI=1S/C13H21N3O3/c1-3-11(16-6-4-10(17)5-7-16)13(18)14-12-8-9(2)19-15-12/h8,10-11,17H,3-7H2,1-2H3,(H,14,15,18)/t11-/m0/s1. The lowest BCUT2D eigenvalue weighted by molar-refractivity contribution is -0.122. The van der Waals surface area contributed by atoms with Gasteiger partial charge in [0, 0.05) is 19.2 Å². The predicted molar refractivity (Wildman–Crippen MR) is 70.8 cm³/mol. The van der Waals surface area contributed by atoms with E-state index >= 15 is 0 Å².